The molecule has 2 aromatic rings. The number of hydrogen-bond acceptors (Lipinski definition) is 4. The Morgan fingerprint density at radius 3 is 2.65 bits per heavy atom. The molecular formula is C13H21N5O2. The zero-order chi connectivity index (χ0) is 14.7. The van der Waals surface area contributed by atoms with Crippen LogP contribution in [0.2, 0.25) is 0 Å². The quantitative estimate of drug-likeness (QED) is 0.774. The van der Waals surface area contributed by atoms with Gasteiger partial charge in [-0.25, -0.2) is 4.79 Å². The number of nitrogens with zero attached hydrogens (tertiary/aromatic N) is 3. The Balaban J connectivity index is 2.60. The van der Waals surface area contributed by atoms with Crippen molar-refractivity contribution in [3.05, 3.63) is 20.8 Å². The lowest BCUT2D eigenvalue weighted by atomic mass is 10.3. The van der Waals surface area contributed by atoms with Gasteiger partial charge in [-0.1, -0.05) is 20.3 Å². The molecule has 20 heavy (non-hydrogen) atoms. The number of aromatic nitrogens is 4. The monoisotopic (exact) mass is 279 g/mol. The SMILES string of the molecule is CCCCNc1nc2c(c(=O)[nH]c(=O)n2C)n1CCC. The summed E-state index contributed by atoms with van der Waals surface area (Å²) in [5, 5.41) is 3.25. The third kappa shape index (κ3) is 2.48. The molecule has 0 bridgehead atoms. The number of aryl methyl sites for hydroxylation is 2. The highest BCUT2D eigenvalue weighted by Crippen LogP contribution is 2.15. The molecule has 2 heterocycles. The molecule has 0 aromatic carbocycles. The van der Waals surface area contributed by atoms with Crippen LogP contribution in [0.25, 0.3) is 11.2 Å². The average Bonchev–Trinajstić information content (AvgIpc) is 2.77. The van der Waals surface area contributed by atoms with Crippen LogP contribution < -0.4 is 16.6 Å². The van der Waals surface area contributed by atoms with E-state index in [4.69, 9.17) is 0 Å². The van der Waals surface area contributed by atoms with E-state index in [0.717, 1.165) is 25.8 Å². The van der Waals surface area contributed by atoms with Gasteiger partial charge in [0, 0.05) is 20.1 Å². The summed E-state index contributed by atoms with van der Waals surface area (Å²) in [5.41, 5.74) is 0.0514. The van der Waals surface area contributed by atoms with E-state index in [2.05, 4.69) is 22.2 Å². The number of hydrogen-bond donors (Lipinski definition) is 2. The topological polar surface area (TPSA) is 84.7 Å². The van der Waals surface area contributed by atoms with Crippen molar-refractivity contribution in [3.63, 3.8) is 0 Å². The smallest absolute Gasteiger partial charge is 0.329 e. The van der Waals surface area contributed by atoms with Gasteiger partial charge in [0.1, 0.15) is 0 Å². The van der Waals surface area contributed by atoms with Crippen LogP contribution in [-0.2, 0) is 13.6 Å². The highest BCUT2D eigenvalue weighted by Gasteiger charge is 2.16. The predicted octanol–water partition coefficient (Wildman–Crippen LogP) is 1.05. The molecule has 2 aromatic heterocycles. The van der Waals surface area contributed by atoms with E-state index in [1.807, 2.05) is 11.5 Å². The van der Waals surface area contributed by atoms with Gasteiger partial charge in [-0.3, -0.25) is 14.3 Å². The van der Waals surface area contributed by atoms with E-state index >= 15 is 0 Å². The number of anilines is 1. The minimum Gasteiger partial charge on any atom is -0.356 e. The molecule has 0 saturated heterocycles. The van der Waals surface area contributed by atoms with Crippen LogP contribution in [0.15, 0.2) is 9.59 Å². The summed E-state index contributed by atoms with van der Waals surface area (Å²) in [6, 6.07) is 0. The lowest BCUT2D eigenvalue weighted by Crippen LogP contribution is -2.29. The van der Waals surface area contributed by atoms with Crippen LogP contribution in [0.5, 0.6) is 0 Å². The Kier molecular flexibility index (Phi) is 4.26. The second kappa shape index (κ2) is 5.94. The van der Waals surface area contributed by atoms with Crippen LogP contribution in [-0.4, -0.2) is 25.6 Å². The van der Waals surface area contributed by atoms with E-state index < -0.39 is 5.69 Å². The van der Waals surface area contributed by atoms with E-state index in [1.54, 1.807) is 7.05 Å². The van der Waals surface area contributed by atoms with E-state index in [1.165, 1.54) is 4.57 Å². The molecule has 0 saturated carbocycles. The van der Waals surface area contributed by atoms with E-state index in [-0.39, 0.29) is 5.56 Å². The Labute approximate surface area is 116 Å². The van der Waals surface area contributed by atoms with Gasteiger partial charge in [-0.05, 0) is 12.8 Å². The first kappa shape index (κ1) is 14.4. The largest absolute Gasteiger partial charge is 0.356 e. The molecule has 0 spiro atoms. The maximum absolute atomic E-state index is 12.0. The standard InChI is InChI=1S/C13H21N5O2/c1-4-6-7-14-12-15-10-9(18(12)8-5-2)11(19)16-13(20)17(10)3/h4-8H2,1-3H3,(H,14,15)(H,16,19,20). The fraction of sp³-hybridized carbons (Fsp3) is 0.615. The molecule has 2 N–H and O–H groups in total. The van der Waals surface area contributed by atoms with Crippen LogP contribution in [0.1, 0.15) is 33.1 Å². The molecular weight excluding hydrogens is 258 g/mol. The number of imidazole rings is 1. The van der Waals surface area contributed by atoms with Gasteiger partial charge in [0.2, 0.25) is 5.95 Å². The van der Waals surface area contributed by atoms with Gasteiger partial charge < -0.3 is 9.88 Å². The third-order valence-electron chi connectivity index (χ3n) is 3.27. The summed E-state index contributed by atoms with van der Waals surface area (Å²) in [6.07, 6.45) is 3.00. The molecule has 0 fully saturated rings. The Morgan fingerprint density at radius 1 is 1.25 bits per heavy atom. The lowest BCUT2D eigenvalue weighted by molar-refractivity contribution is 0.693. The summed E-state index contributed by atoms with van der Waals surface area (Å²) < 4.78 is 3.22. The van der Waals surface area contributed by atoms with Gasteiger partial charge >= 0.3 is 5.69 Å². The summed E-state index contributed by atoms with van der Waals surface area (Å²) in [5.74, 6) is 0.655. The molecule has 7 nitrogen and oxygen atoms in total. The van der Waals surface area contributed by atoms with Crippen LogP contribution >= 0.6 is 0 Å². The first-order valence-corrected chi connectivity index (χ1v) is 7.03. The molecule has 2 rings (SSSR count). The molecule has 110 valence electrons. The van der Waals surface area contributed by atoms with E-state index in [0.29, 0.717) is 23.7 Å². The zero-order valence-corrected chi connectivity index (χ0v) is 12.2. The molecule has 0 amide bonds. The normalized spacial score (nSPS) is 11.2. The summed E-state index contributed by atoms with van der Waals surface area (Å²) in [7, 11) is 1.61. The summed E-state index contributed by atoms with van der Waals surface area (Å²) in [4.78, 5) is 30.4. The molecule has 0 aliphatic carbocycles. The number of nitrogens with one attached hydrogen (secondary N) is 2. The Hall–Kier alpha value is -2.05. The van der Waals surface area contributed by atoms with Crippen molar-refractivity contribution in [1.29, 1.82) is 0 Å². The van der Waals surface area contributed by atoms with Crippen molar-refractivity contribution in [2.24, 2.45) is 7.05 Å². The molecule has 0 aliphatic rings. The molecule has 0 radical (unpaired) electrons. The highest BCUT2D eigenvalue weighted by molar-refractivity contribution is 5.74. The average molecular weight is 279 g/mol. The van der Waals surface area contributed by atoms with Gasteiger partial charge in [-0.2, -0.15) is 4.98 Å². The second-order valence-corrected chi connectivity index (χ2v) is 4.86. The fourth-order valence-corrected chi connectivity index (χ4v) is 2.19. The van der Waals surface area contributed by atoms with Crippen LogP contribution in [0.3, 0.4) is 0 Å². The van der Waals surface area contributed by atoms with E-state index in [9.17, 15) is 9.59 Å². The summed E-state index contributed by atoms with van der Waals surface area (Å²) in [6.45, 7) is 5.64. The maximum atomic E-state index is 12.0. The molecule has 0 unspecified atom stereocenters. The van der Waals surface area contributed by atoms with Gasteiger partial charge in [0.15, 0.2) is 11.2 Å². The first-order chi connectivity index (χ1) is 9.60. The van der Waals surface area contributed by atoms with Crippen molar-refractivity contribution < 1.29 is 0 Å². The number of rotatable bonds is 6. The summed E-state index contributed by atoms with van der Waals surface area (Å²) >= 11 is 0. The maximum Gasteiger partial charge on any atom is 0.329 e. The number of H-pyrrole nitrogens is 1. The van der Waals surface area contributed by atoms with Gasteiger partial charge in [0.05, 0.1) is 0 Å². The molecule has 0 atom stereocenters. The second-order valence-electron chi connectivity index (χ2n) is 4.86. The third-order valence-corrected chi connectivity index (χ3v) is 3.27. The zero-order valence-electron chi connectivity index (χ0n) is 12.2. The van der Waals surface area contributed by atoms with Gasteiger partial charge in [0.25, 0.3) is 5.56 Å². The first-order valence-electron chi connectivity index (χ1n) is 7.03. The van der Waals surface area contributed by atoms with Crippen molar-refractivity contribution >= 4 is 17.1 Å². The van der Waals surface area contributed by atoms with Crippen LogP contribution in [0.4, 0.5) is 5.95 Å². The Bertz CT molecular complexity index is 710. The minimum absolute atomic E-state index is 0.382. The van der Waals surface area contributed by atoms with Crippen molar-refractivity contribution in [2.75, 3.05) is 11.9 Å². The number of unbranched alkanes of at least 4 members (excludes halogenated alkanes) is 1. The fourth-order valence-electron chi connectivity index (χ4n) is 2.19. The van der Waals surface area contributed by atoms with Crippen molar-refractivity contribution in [3.8, 4) is 0 Å². The number of aromatic amines is 1. The van der Waals surface area contributed by atoms with Crippen LogP contribution in [0, 0.1) is 0 Å². The number of fused-ring (bicyclic) bond motifs is 1. The van der Waals surface area contributed by atoms with Gasteiger partial charge in [-0.15, -0.1) is 0 Å². The highest BCUT2D eigenvalue weighted by atomic mass is 16.2. The Morgan fingerprint density at radius 2 is 2.00 bits per heavy atom. The minimum atomic E-state index is -0.441. The lowest BCUT2D eigenvalue weighted by Gasteiger charge is -2.08. The van der Waals surface area contributed by atoms with Crippen molar-refractivity contribution in [1.82, 2.24) is 19.1 Å². The molecule has 7 heteroatoms. The molecule has 0 aliphatic heterocycles. The predicted molar refractivity (Wildman–Crippen MR) is 79.3 cm³/mol. The van der Waals surface area contributed by atoms with Crippen molar-refractivity contribution in [2.45, 2.75) is 39.7 Å².